The first-order chi connectivity index (χ1) is 14.0. The van der Waals surface area contributed by atoms with Crippen LogP contribution in [-0.4, -0.2) is 37.7 Å². The van der Waals surface area contributed by atoms with Crippen LogP contribution in [-0.2, 0) is 7.05 Å². The Balaban J connectivity index is 1.27. The van der Waals surface area contributed by atoms with E-state index in [1.165, 1.54) is 5.01 Å². The zero-order valence-corrected chi connectivity index (χ0v) is 16.5. The normalized spacial score (nSPS) is 21.7. The molecule has 2 aliphatic rings. The van der Waals surface area contributed by atoms with Crippen molar-refractivity contribution in [2.45, 2.75) is 44.8 Å². The van der Waals surface area contributed by atoms with E-state index >= 15 is 0 Å². The second kappa shape index (κ2) is 6.69. The number of carbonyl (C=O) groups is 1. The van der Waals surface area contributed by atoms with E-state index in [0.29, 0.717) is 11.3 Å². The van der Waals surface area contributed by atoms with Gasteiger partial charge < -0.3 is 4.74 Å². The lowest BCUT2D eigenvalue weighted by Crippen LogP contribution is -2.43. The zero-order valence-electron chi connectivity index (χ0n) is 16.5. The maximum absolute atomic E-state index is 12.7. The van der Waals surface area contributed by atoms with Crippen LogP contribution in [0.3, 0.4) is 0 Å². The molecule has 29 heavy (non-hydrogen) atoms. The second-order valence-corrected chi connectivity index (χ2v) is 7.91. The minimum Gasteiger partial charge on any atom is -0.490 e. The van der Waals surface area contributed by atoms with E-state index in [1.54, 1.807) is 24.3 Å². The number of hydrazine groups is 1. The molecule has 1 fully saturated rings. The molecule has 0 saturated heterocycles. The molecule has 0 radical (unpaired) electrons. The van der Waals surface area contributed by atoms with Gasteiger partial charge in [-0.1, -0.05) is 17.1 Å². The van der Waals surface area contributed by atoms with Crippen molar-refractivity contribution in [1.82, 2.24) is 14.8 Å². The molecular formula is C22H23N4O3+. The summed E-state index contributed by atoms with van der Waals surface area (Å²) >= 11 is 0. The van der Waals surface area contributed by atoms with Gasteiger partial charge >= 0.3 is 11.6 Å². The van der Waals surface area contributed by atoms with Crippen molar-refractivity contribution < 1.29 is 14.4 Å². The molecule has 2 aromatic carbocycles. The maximum atomic E-state index is 12.7. The molecule has 1 aromatic heterocycles. The molecule has 1 aliphatic carbocycles. The largest absolute Gasteiger partial charge is 0.490 e. The Morgan fingerprint density at radius 1 is 1.10 bits per heavy atom. The fraction of sp³-hybridized carbons (Fsp3) is 0.364. The Morgan fingerprint density at radius 2 is 1.86 bits per heavy atom. The van der Waals surface area contributed by atoms with Crippen molar-refractivity contribution >= 4 is 22.5 Å². The highest BCUT2D eigenvalue weighted by Crippen LogP contribution is 2.36. The number of carbonyl (C=O) groups excluding carboxylic acids is 1. The number of ether oxygens (including phenoxy) is 1. The number of para-hydroxylation sites is 1. The van der Waals surface area contributed by atoms with Gasteiger partial charge in [-0.3, -0.25) is 9.48 Å². The van der Waals surface area contributed by atoms with Gasteiger partial charge in [0.1, 0.15) is 11.3 Å². The third kappa shape index (κ3) is 2.88. The van der Waals surface area contributed by atoms with Gasteiger partial charge in [-0.25, -0.2) is 0 Å². The van der Waals surface area contributed by atoms with Crippen LogP contribution in [0.25, 0.3) is 10.9 Å². The lowest BCUT2D eigenvalue weighted by Gasteiger charge is -2.30. The van der Waals surface area contributed by atoms with Crippen LogP contribution < -0.4 is 4.74 Å². The first kappa shape index (κ1) is 17.8. The second-order valence-electron chi connectivity index (χ2n) is 7.91. The van der Waals surface area contributed by atoms with Crippen molar-refractivity contribution in [3.05, 3.63) is 58.6 Å². The number of fused-ring (bicyclic) bond motifs is 2. The predicted octanol–water partition coefficient (Wildman–Crippen LogP) is 4.05. The number of aromatic nitrogens is 2. The number of hydrogen-bond donors (Lipinski definition) is 0. The molecule has 1 saturated carbocycles. The summed E-state index contributed by atoms with van der Waals surface area (Å²) in [6.07, 6.45) is 5.20. The summed E-state index contributed by atoms with van der Waals surface area (Å²) in [5.74, 6) is 0.682. The Labute approximate surface area is 168 Å². The smallest absolute Gasteiger partial charge is 0.320 e. The summed E-state index contributed by atoms with van der Waals surface area (Å²) in [5.41, 5.74) is 2.98. The van der Waals surface area contributed by atoms with Gasteiger partial charge in [0.15, 0.2) is 4.87 Å². The molecule has 148 valence electrons. The van der Waals surface area contributed by atoms with Crippen LogP contribution in [0.2, 0.25) is 0 Å². The molecule has 0 unspecified atom stereocenters. The molecule has 0 atom stereocenters. The SMILES string of the molecule is Cc1c(O[C@H]2CC[C@@H](N3C(=O)c4ccccc4[N+]3=O)CC2)ccc2nn(C)cc12. The molecule has 7 heteroatoms. The summed E-state index contributed by atoms with van der Waals surface area (Å²) in [7, 11) is 1.92. The standard InChI is InChI=1S/C22H23N4O3/c1-14-18-13-24(2)23-19(18)11-12-21(14)29-16-9-7-15(8-10-16)25-22(27)17-5-3-4-6-20(17)26(25)28/h3-6,11-13,15-16H,7-10H2,1-2H3/q+1/t15-,16+. The van der Waals surface area contributed by atoms with Gasteiger partial charge in [-0.15, -0.1) is 0 Å². The lowest BCUT2D eigenvalue weighted by molar-refractivity contribution is -0.620. The van der Waals surface area contributed by atoms with Crippen molar-refractivity contribution in [3.8, 4) is 5.75 Å². The van der Waals surface area contributed by atoms with Gasteiger partial charge in [0.2, 0.25) is 0 Å². The molecule has 1 amide bonds. The molecule has 7 nitrogen and oxygen atoms in total. The molecule has 3 aromatic rings. The summed E-state index contributed by atoms with van der Waals surface area (Å²) in [6, 6.07) is 10.9. The first-order valence-corrected chi connectivity index (χ1v) is 10.0. The fourth-order valence-electron chi connectivity index (χ4n) is 4.50. The predicted molar refractivity (Wildman–Crippen MR) is 108 cm³/mol. The van der Waals surface area contributed by atoms with E-state index in [9.17, 15) is 9.70 Å². The van der Waals surface area contributed by atoms with Crippen LogP contribution in [0.15, 0.2) is 42.6 Å². The van der Waals surface area contributed by atoms with E-state index in [4.69, 9.17) is 4.74 Å². The van der Waals surface area contributed by atoms with Gasteiger partial charge in [0.25, 0.3) is 0 Å². The third-order valence-corrected chi connectivity index (χ3v) is 6.05. The summed E-state index contributed by atoms with van der Waals surface area (Å²) < 4.78 is 8.11. The number of aryl methyl sites for hydroxylation is 2. The molecule has 5 rings (SSSR count). The van der Waals surface area contributed by atoms with Crippen molar-refractivity contribution in [3.63, 3.8) is 0 Å². The van der Waals surface area contributed by atoms with Crippen LogP contribution in [0.4, 0.5) is 5.69 Å². The minimum atomic E-state index is -0.196. The quantitative estimate of drug-likeness (QED) is 0.632. The molecule has 0 N–H and O–H groups in total. The van der Waals surface area contributed by atoms with E-state index in [1.807, 2.05) is 30.1 Å². The molecule has 0 spiro atoms. The highest BCUT2D eigenvalue weighted by molar-refractivity contribution is 5.99. The third-order valence-electron chi connectivity index (χ3n) is 6.05. The molecule has 2 heterocycles. The van der Waals surface area contributed by atoms with Gasteiger partial charge in [0, 0.05) is 30.3 Å². The molecule has 0 bridgehead atoms. The van der Waals surface area contributed by atoms with Crippen LogP contribution in [0.5, 0.6) is 5.75 Å². The number of nitrogens with zero attached hydrogens (tertiary/aromatic N) is 4. The number of rotatable bonds is 3. The van der Waals surface area contributed by atoms with Crippen molar-refractivity contribution in [2.24, 2.45) is 7.05 Å². The average molecular weight is 391 g/mol. The van der Waals surface area contributed by atoms with E-state index in [2.05, 4.69) is 12.0 Å². The lowest BCUT2D eigenvalue weighted by atomic mass is 9.92. The summed E-state index contributed by atoms with van der Waals surface area (Å²) in [5, 5.41) is 6.92. The van der Waals surface area contributed by atoms with Crippen LogP contribution in [0, 0.1) is 11.8 Å². The number of nitroso groups, excluding NO2 is 1. The Kier molecular flexibility index (Phi) is 4.12. The van der Waals surface area contributed by atoms with E-state index < -0.39 is 0 Å². The monoisotopic (exact) mass is 391 g/mol. The van der Waals surface area contributed by atoms with E-state index in [0.717, 1.165) is 52.8 Å². The van der Waals surface area contributed by atoms with E-state index in [-0.39, 0.29) is 18.1 Å². The zero-order chi connectivity index (χ0) is 20.1. The van der Waals surface area contributed by atoms with Crippen LogP contribution >= 0.6 is 0 Å². The van der Waals surface area contributed by atoms with Gasteiger partial charge in [0.05, 0.1) is 22.6 Å². The highest BCUT2D eigenvalue weighted by atomic mass is 16.5. The molecular weight excluding hydrogens is 368 g/mol. The summed E-state index contributed by atoms with van der Waals surface area (Å²) in [4.78, 5) is 26.1. The van der Waals surface area contributed by atoms with Crippen LogP contribution in [0.1, 0.15) is 41.6 Å². The van der Waals surface area contributed by atoms with Crippen molar-refractivity contribution in [2.75, 3.05) is 0 Å². The highest BCUT2D eigenvalue weighted by Gasteiger charge is 2.49. The van der Waals surface area contributed by atoms with Gasteiger partial charge in [-0.05, 0) is 50.8 Å². The Morgan fingerprint density at radius 3 is 2.62 bits per heavy atom. The average Bonchev–Trinajstić information content (AvgIpc) is 3.23. The molecule has 1 aliphatic heterocycles. The first-order valence-electron chi connectivity index (χ1n) is 10.0. The Bertz CT molecular complexity index is 1090. The number of benzene rings is 2. The fourth-order valence-corrected chi connectivity index (χ4v) is 4.50. The Hall–Kier alpha value is -3.22. The topological polar surface area (TPSA) is 67.4 Å². The van der Waals surface area contributed by atoms with Crippen molar-refractivity contribution in [1.29, 1.82) is 0 Å². The number of amides is 1. The maximum Gasteiger partial charge on any atom is 0.320 e. The summed E-state index contributed by atoms with van der Waals surface area (Å²) in [6.45, 7) is 2.06. The number of hydrogen-bond acceptors (Lipinski definition) is 4. The van der Waals surface area contributed by atoms with Gasteiger partial charge in [-0.2, -0.15) is 5.10 Å². The minimum absolute atomic E-state index is 0.0826.